The second-order valence-electron chi connectivity index (χ2n) is 12.9. The zero-order valence-corrected chi connectivity index (χ0v) is 28.0. The Hall–Kier alpha value is -3.36. The largest absolute Gasteiger partial charge is 0.445 e. The number of nitrogens with one attached hydrogen (secondary N) is 1. The first kappa shape index (κ1) is 37.8. The SMILES string of the molecule is CC(C)(C)OC(=O)NCCCCN(CCC=O)C(=O)CCCCCCC/C=C\C[C@@H]1CCCCN1C(=O)OCc1ccccc1. The number of piperidine rings is 1. The third-order valence-electron chi connectivity index (χ3n) is 7.80. The molecule has 45 heavy (non-hydrogen) atoms. The molecule has 1 N–H and O–H groups in total. The molecule has 9 nitrogen and oxygen atoms in total. The van der Waals surface area contributed by atoms with E-state index in [1.165, 1.54) is 0 Å². The summed E-state index contributed by atoms with van der Waals surface area (Å²) in [7, 11) is 0. The van der Waals surface area contributed by atoms with Gasteiger partial charge in [-0.25, -0.2) is 9.59 Å². The molecule has 3 amide bonds. The molecular weight excluding hydrogens is 570 g/mol. The monoisotopic (exact) mass is 627 g/mol. The molecule has 0 spiro atoms. The minimum Gasteiger partial charge on any atom is -0.445 e. The number of benzene rings is 1. The molecule has 0 unspecified atom stereocenters. The van der Waals surface area contributed by atoms with Crippen molar-refractivity contribution in [2.75, 3.05) is 26.2 Å². The number of alkyl carbamates (subject to hydrolysis) is 1. The Labute approximate surface area is 271 Å². The number of hydrogen-bond donors (Lipinski definition) is 1. The van der Waals surface area contributed by atoms with E-state index in [2.05, 4.69) is 17.5 Å². The molecule has 1 aromatic carbocycles. The molecule has 9 heteroatoms. The highest BCUT2D eigenvalue weighted by Crippen LogP contribution is 2.22. The summed E-state index contributed by atoms with van der Waals surface area (Å²) in [6, 6.07) is 10.00. The quantitative estimate of drug-likeness (QED) is 0.0908. The lowest BCUT2D eigenvalue weighted by Crippen LogP contribution is -2.43. The summed E-state index contributed by atoms with van der Waals surface area (Å²) >= 11 is 0. The van der Waals surface area contributed by atoms with E-state index in [4.69, 9.17) is 9.47 Å². The van der Waals surface area contributed by atoms with Crippen molar-refractivity contribution in [3.63, 3.8) is 0 Å². The number of likely N-dealkylation sites (tertiary alicyclic amines) is 1. The van der Waals surface area contributed by atoms with Gasteiger partial charge in [0, 0.05) is 45.1 Å². The Bertz CT molecular complexity index is 1020. The van der Waals surface area contributed by atoms with Crippen LogP contribution in [0.15, 0.2) is 42.5 Å². The summed E-state index contributed by atoms with van der Waals surface area (Å²) in [5.74, 6) is 0.0978. The van der Waals surface area contributed by atoms with Gasteiger partial charge in [0.1, 0.15) is 18.5 Å². The number of unbranched alkanes of at least 4 members (excludes halogenated alkanes) is 6. The van der Waals surface area contributed by atoms with Crippen molar-refractivity contribution in [3.8, 4) is 0 Å². The van der Waals surface area contributed by atoms with E-state index in [1.807, 2.05) is 56.0 Å². The predicted molar refractivity (Wildman–Crippen MR) is 178 cm³/mol. The van der Waals surface area contributed by atoms with Crippen LogP contribution in [0, 0.1) is 0 Å². The normalized spacial score (nSPS) is 15.1. The van der Waals surface area contributed by atoms with Crippen molar-refractivity contribution in [1.29, 1.82) is 0 Å². The molecule has 1 atom stereocenters. The third-order valence-corrected chi connectivity index (χ3v) is 7.80. The van der Waals surface area contributed by atoms with E-state index in [0.717, 1.165) is 95.4 Å². The van der Waals surface area contributed by atoms with Crippen molar-refractivity contribution >= 4 is 24.4 Å². The standard InChI is InChI=1S/C36H57N3O6/c1-36(2,3)45-34(42)37-25-16-18-26-38(27-19-29-40)33(41)24-14-9-7-5-4-6-8-13-22-32-23-15-17-28-39(32)35(43)44-30-31-20-11-10-12-21-31/h8,10-13,20-21,29,32H,4-7,9,14-19,22-28,30H2,1-3H3,(H,37,42)/b13-8-/t32-/m1/s1. The van der Waals surface area contributed by atoms with Gasteiger partial charge in [0.2, 0.25) is 5.91 Å². The van der Waals surface area contributed by atoms with Crippen LogP contribution in [-0.4, -0.2) is 72.0 Å². The Morgan fingerprint density at radius 1 is 0.933 bits per heavy atom. The summed E-state index contributed by atoms with van der Waals surface area (Å²) in [5, 5.41) is 2.74. The summed E-state index contributed by atoms with van der Waals surface area (Å²) in [4.78, 5) is 51.8. The van der Waals surface area contributed by atoms with Crippen LogP contribution in [0.1, 0.15) is 116 Å². The zero-order chi connectivity index (χ0) is 32.8. The molecule has 1 aliphatic heterocycles. The van der Waals surface area contributed by atoms with Crippen LogP contribution in [0.5, 0.6) is 0 Å². The maximum atomic E-state index is 12.8. The van der Waals surface area contributed by atoms with E-state index >= 15 is 0 Å². The van der Waals surface area contributed by atoms with Crippen LogP contribution in [-0.2, 0) is 25.7 Å². The molecule has 1 fully saturated rings. The van der Waals surface area contributed by atoms with Crippen LogP contribution >= 0.6 is 0 Å². The van der Waals surface area contributed by atoms with Gasteiger partial charge in [0.05, 0.1) is 0 Å². The van der Waals surface area contributed by atoms with E-state index in [1.54, 1.807) is 4.90 Å². The molecule has 0 radical (unpaired) electrons. The molecule has 2 rings (SSSR count). The first-order chi connectivity index (χ1) is 21.7. The van der Waals surface area contributed by atoms with Crippen LogP contribution in [0.25, 0.3) is 0 Å². The van der Waals surface area contributed by atoms with Crippen molar-refractivity contribution in [1.82, 2.24) is 15.1 Å². The fraction of sp³-hybridized carbons (Fsp3) is 0.667. The lowest BCUT2D eigenvalue weighted by molar-refractivity contribution is -0.131. The van der Waals surface area contributed by atoms with Gasteiger partial charge in [0.25, 0.3) is 0 Å². The average Bonchev–Trinajstić information content (AvgIpc) is 3.01. The van der Waals surface area contributed by atoms with Crippen molar-refractivity contribution in [3.05, 3.63) is 48.0 Å². The summed E-state index contributed by atoms with van der Waals surface area (Å²) in [6.07, 6.45) is 17.3. The highest BCUT2D eigenvalue weighted by molar-refractivity contribution is 5.76. The first-order valence-corrected chi connectivity index (χ1v) is 17.0. The molecule has 0 saturated carbocycles. The highest BCUT2D eigenvalue weighted by Gasteiger charge is 2.27. The number of ether oxygens (including phenoxy) is 2. The molecule has 0 aromatic heterocycles. The van der Waals surface area contributed by atoms with Gasteiger partial charge < -0.3 is 29.4 Å². The van der Waals surface area contributed by atoms with Gasteiger partial charge in [-0.3, -0.25) is 4.79 Å². The van der Waals surface area contributed by atoms with Gasteiger partial charge in [-0.05, 0) is 84.1 Å². The van der Waals surface area contributed by atoms with E-state index in [9.17, 15) is 19.2 Å². The summed E-state index contributed by atoms with van der Waals surface area (Å²) in [6.45, 7) is 8.06. The molecule has 1 aliphatic rings. The minimum absolute atomic E-state index is 0.0978. The highest BCUT2D eigenvalue weighted by atomic mass is 16.6. The van der Waals surface area contributed by atoms with Crippen LogP contribution in [0.2, 0.25) is 0 Å². The van der Waals surface area contributed by atoms with Gasteiger partial charge in [-0.15, -0.1) is 0 Å². The van der Waals surface area contributed by atoms with E-state index in [-0.39, 0.29) is 18.0 Å². The average molecular weight is 628 g/mol. The van der Waals surface area contributed by atoms with Crippen molar-refractivity contribution in [2.45, 2.75) is 129 Å². The second-order valence-corrected chi connectivity index (χ2v) is 12.9. The minimum atomic E-state index is -0.528. The number of aldehydes is 1. The van der Waals surface area contributed by atoms with Crippen LogP contribution in [0.4, 0.5) is 9.59 Å². The third kappa shape index (κ3) is 17.6. The van der Waals surface area contributed by atoms with Gasteiger partial charge in [0.15, 0.2) is 0 Å². The van der Waals surface area contributed by atoms with E-state index < -0.39 is 11.7 Å². The molecule has 1 saturated heterocycles. The Balaban J connectivity index is 1.55. The number of carbonyl (C=O) groups is 4. The second kappa shape index (κ2) is 22.2. The predicted octanol–water partition coefficient (Wildman–Crippen LogP) is 7.58. The van der Waals surface area contributed by atoms with Gasteiger partial charge in [-0.1, -0.05) is 61.7 Å². The fourth-order valence-corrected chi connectivity index (χ4v) is 5.39. The Morgan fingerprint density at radius 3 is 2.44 bits per heavy atom. The number of amides is 3. The fourth-order valence-electron chi connectivity index (χ4n) is 5.39. The lowest BCUT2D eigenvalue weighted by atomic mass is 9.99. The Kier molecular flexibility index (Phi) is 18.7. The van der Waals surface area contributed by atoms with Crippen molar-refractivity contribution < 1.29 is 28.7 Å². The topological polar surface area (TPSA) is 105 Å². The van der Waals surface area contributed by atoms with E-state index in [0.29, 0.717) is 39.1 Å². The van der Waals surface area contributed by atoms with Crippen LogP contribution < -0.4 is 5.32 Å². The molecule has 0 aliphatic carbocycles. The molecule has 1 heterocycles. The van der Waals surface area contributed by atoms with Crippen molar-refractivity contribution in [2.24, 2.45) is 0 Å². The molecular formula is C36H57N3O6. The Morgan fingerprint density at radius 2 is 1.69 bits per heavy atom. The van der Waals surface area contributed by atoms with Gasteiger partial charge >= 0.3 is 12.2 Å². The number of hydrogen-bond acceptors (Lipinski definition) is 6. The number of carbonyl (C=O) groups excluding carboxylic acids is 4. The number of nitrogens with zero attached hydrogens (tertiary/aromatic N) is 2. The number of rotatable bonds is 20. The van der Waals surface area contributed by atoms with Gasteiger partial charge in [-0.2, -0.15) is 0 Å². The maximum Gasteiger partial charge on any atom is 0.410 e. The van der Waals surface area contributed by atoms with Crippen LogP contribution in [0.3, 0.4) is 0 Å². The molecule has 0 bridgehead atoms. The smallest absolute Gasteiger partial charge is 0.410 e. The lowest BCUT2D eigenvalue weighted by Gasteiger charge is -2.34. The summed E-state index contributed by atoms with van der Waals surface area (Å²) in [5.41, 5.74) is 0.472. The zero-order valence-electron chi connectivity index (χ0n) is 28.0. The maximum absolute atomic E-state index is 12.8. The molecule has 252 valence electrons. The summed E-state index contributed by atoms with van der Waals surface area (Å²) < 4.78 is 10.8. The first-order valence-electron chi connectivity index (χ1n) is 17.0. The molecule has 1 aromatic rings. The number of allylic oxidation sites excluding steroid dienone is 1.